The van der Waals surface area contributed by atoms with Gasteiger partial charge in [-0.05, 0) is 36.8 Å². The number of aryl methyl sites for hydroxylation is 2. The van der Waals surface area contributed by atoms with Crippen LogP contribution < -0.4 is 0 Å². The molecule has 2 aromatic carbocycles. The number of oxazole rings is 1. The van der Waals surface area contributed by atoms with Crippen LogP contribution >= 0.6 is 0 Å². The van der Waals surface area contributed by atoms with Gasteiger partial charge in [-0.2, -0.15) is 4.98 Å². The quantitative estimate of drug-likeness (QED) is 0.560. The highest BCUT2D eigenvalue weighted by molar-refractivity contribution is 5.79. The van der Waals surface area contributed by atoms with Crippen LogP contribution in [0.4, 0.5) is 0 Å². The zero-order valence-corrected chi connectivity index (χ0v) is 12.9. The molecule has 114 valence electrons. The monoisotopic (exact) mass is 305 g/mol. The first-order chi connectivity index (χ1) is 11.2. The van der Waals surface area contributed by atoms with Gasteiger partial charge in [0.15, 0.2) is 11.5 Å². The van der Waals surface area contributed by atoms with Gasteiger partial charge in [0, 0.05) is 17.5 Å². The maximum Gasteiger partial charge on any atom is 0.258 e. The van der Waals surface area contributed by atoms with Gasteiger partial charge >= 0.3 is 0 Å². The highest BCUT2D eigenvalue weighted by Crippen LogP contribution is 2.27. The Balaban J connectivity index is 1.75. The first-order valence-electron chi connectivity index (χ1n) is 7.54. The number of hydrogen-bond donors (Lipinski definition) is 0. The van der Waals surface area contributed by atoms with Gasteiger partial charge in [0.1, 0.15) is 5.52 Å². The van der Waals surface area contributed by atoms with Crippen LogP contribution in [0.1, 0.15) is 18.4 Å². The Hall–Kier alpha value is -2.95. The van der Waals surface area contributed by atoms with E-state index >= 15 is 0 Å². The fourth-order valence-corrected chi connectivity index (χ4v) is 2.53. The van der Waals surface area contributed by atoms with E-state index in [0.717, 1.165) is 40.1 Å². The van der Waals surface area contributed by atoms with Gasteiger partial charge in [0.05, 0.1) is 0 Å². The standard InChI is InChI=1S/C18H15N3O2/c1-3-16-19-14-10-12(8-9-15(14)22-16)17-20-18(23-21-17)13-7-5-4-6-11(13)2/h4-10H,3H2,1-2H3. The molecular weight excluding hydrogens is 290 g/mol. The first-order valence-corrected chi connectivity index (χ1v) is 7.54. The maximum atomic E-state index is 5.62. The Kier molecular flexibility index (Phi) is 3.19. The molecule has 23 heavy (non-hydrogen) atoms. The van der Waals surface area contributed by atoms with Gasteiger partial charge in [0.2, 0.25) is 5.82 Å². The highest BCUT2D eigenvalue weighted by Gasteiger charge is 2.13. The van der Waals surface area contributed by atoms with Gasteiger partial charge < -0.3 is 8.94 Å². The summed E-state index contributed by atoms with van der Waals surface area (Å²) in [7, 11) is 0. The van der Waals surface area contributed by atoms with Crippen molar-refractivity contribution < 1.29 is 8.94 Å². The van der Waals surface area contributed by atoms with Gasteiger partial charge in [-0.25, -0.2) is 4.98 Å². The highest BCUT2D eigenvalue weighted by atomic mass is 16.5. The Morgan fingerprint density at radius 2 is 1.91 bits per heavy atom. The molecule has 0 N–H and O–H groups in total. The Labute approximate surface area is 133 Å². The van der Waals surface area contributed by atoms with Gasteiger partial charge in [-0.1, -0.05) is 30.3 Å². The van der Waals surface area contributed by atoms with E-state index in [9.17, 15) is 0 Å². The third-order valence-corrected chi connectivity index (χ3v) is 3.79. The third kappa shape index (κ3) is 2.40. The molecule has 0 aliphatic rings. The Morgan fingerprint density at radius 3 is 2.74 bits per heavy atom. The second-order valence-corrected chi connectivity index (χ2v) is 5.38. The van der Waals surface area contributed by atoms with Crippen molar-refractivity contribution in [3.05, 3.63) is 53.9 Å². The normalized spacial score (nSPS) is 11.2. The average Bonchev–Trinajstić information content (AvgIpc) is 3.21. The minimum atomic E-state index is 0.521. The molecule has 2 heterocycles. The molecule has 0 saturated heterocycles. The van der Waals surface area contributed by atoms with Crippen molar-refractivity contribution in [3.8, 4) is 22.8 Å². The Morgan fingerprint density at radius 1 is 1.04 bits per heavy atom. The SMILES string of the molecule is CCc1nc2cc(-c3noc(-c4ccccc4C)n3)ccc2o1. The van der Waals surface area contributed by atoms with Crippen LogP contribution in [0.15, 0.2) is 51.4 Å². The van der Waals surface area contributed by atoms with Crippen LogP contribution in [-0.4, -0.2) is 15.1 Å². The smallest absolute Gasteiger partial charge is 0.258 e. The lowest BCUT2D eigenvalue weighted by atomic mass is 10.1. The van der Waals surface area contributed by atoms with Crippen molar-refractivity contribution in [2.75, 3.05) is 0 Å². The molecule has 0 saturated carbocycles. The molecule has 5 nitrogen and oxygen atoms in total. The summed E-state index contributed by atoms with van der Waals surface area (Å²) in [5.74, 6) is 1.80. The second kappa shape index (κ2) is 5.35. The average molecular weight is 305 g/mol. The van der Waals surface area contributed by atoms with E-state index in [1.807, 2.05) is 56.3 Å². The molecule has 0 aliphatic heterocycles. The lowest BCUT2D eigenvalue weighted by molar-refractivity contribution is 0.432. The molecule has 0 fully saturated rings. The number of hydrogen-bond acceptors (Lipinski definition) is 5. The van der Waals surface area contributed by atoms with E-state index < -0.39 is 0 Å². The van der Waals surface area contributed by atoms with Gasteiger partial charge in [-0.3, -0.25) is 0 Å². The molecule has 0 spiro atoms. The van der Waals surface area contributed by atoms with Crippen LogP contribution in [0.25, 0.3) is 33.9 Å². The number of fused-ring (bicyclic) bond motifs is 1. The largest absolute Gasteiger partial charge is 0.441 e. The first kappa shape index (κ1) is 13.7. The van der Waals surface area contributed by atoms with E-state index in [1.165, 1.54) is 0 Å². The number of rotatable bonds is 3. The van der Waals surface area contributed by atoms with Crippen LogP contribution in [0.3, 0.4) is 0 Å². The maximum absolute atomic E-state index is 5.62. The van der Waals surface area contributed by atoms with Crippen molar-refractivity contribution in [1.29, 1.82) is 0 Å². The fraction of sp³-hybridized carbons (Fsp3) is 0.167. The predicted molar refractivity (Wildman–Crippen MR) is 86.9 cm³/mol. The van der Waals surface area contributed by atoms with Gasteiger partial charge in [0.25, 0.3) is 5.89 Å². The summed E-state index contributed by atoms with van der Waals surface area (Å²) < 4.78 is 11.0. The summed E-state index contributed by atoms with van der Waals surface area (Å²) in [6.07, 6.45) is 0.768. The van der Waals surface area contributed by atoms with Crippen molar-refractivity contribution in [2.24, 2.45) is 0 Å². The Bertz CT molecular complexity index is 985. The summed E-state index contributed by atoms with van der Waals surface area (Å²) in [4.78, 5) is 8.95. The van der Waals surface area contributed by atoms with E-state index in [4.69, 9.17) is 8.94 Å². The molecule has 4 aromatic rings. The summed E-state index contributed by atoms with van der Waals surface area (Å²) in [6.45, 7) is 4.03. The summed E-state index contributed by atoms with van der Waals surface area (Å²) >= 11 is 0. The minimum Gasteiger partial charge on any atom is -0.441 e. The molecule has 4 rings (SSSR count). The number of benzene rings is 2. The molecule has 5 heteroatoms. The third-order valence-electron chi connectivity index (χ3n) is 3.79. The second-order valence-electron chi connectivity index (χ2n) is 5.38. The van der Waals surface area contributed by atoms with E-state index in [1.54, 1.807) is 0 Å². The molecule has 0 atom stereocenters. The lowest BCUT2D eigenvalue weighted by Gasteiger charge is -1.97. The molecule has 0 radical (unpaired) electrons. The minimum absolute atomic E-state index is 0.521. The van der Waals surface area contributed by atoms with Crippen molar-refractivity contribution >= 4 is 11.1 Å². The lowest BCUT2D eigenvalue weighted by Crippen LogP contribution is -1.84. The zero-order valence-electron chi connectivity index (χ0n) is 12.9. The van der Waals surface area contributed by atoms with Crippen molar-refractivity contribution in [3.63, 3.8) is 0 Å². The van der Waals surface area contributed by atoms with Crippen molar-refractivity contribution in [1.82, 2.24) is 15.1 Å². The molecular formula is C18H15N3O2. The van der Waals surface area contributed by atoms with Crippen LogP contribution in [0, 0.1) is 6.92 Å². The van der Waals surface area contributed by atoms with Crippen LogP contribution in [0.5, 0.6) is 0 Å². The van der Waals surface area contributed by atoms with Gasteiger partial charge in [-0.15, -0.1) is 0 Å². The summed E-state index contributed by atoms with van der Waals surface area (Å²) in [5, 5.41) is 4.09. The van der Waals surface area contributed by atoms with E-state index in [0.29, 0.717) is 11.7 Å². The summed E-state index contributed by atoms with van der Waals surface area (Å²) in [5.41, 5.74) is 4.48. The molecule has 0 amide bonds. The molecule has 0 aliphatic carbocycles. The number of nitrogens with zero attached hydrogens (tertiary/aromatic N) is 3. The van der Waals surface area contributed by atoms with Crippen molar-refractivity contribution in [2.45, 2.75) is 20.3 Å². The molecule has 0 unspecified atom stereocenters. The van der Waals surface area contributed by atoms with E-state index in [-0.39, 0.29) is 0 Å². The fourth-order valence-electron chi connectivity index (χ4n) is 2.53. The predicted octanol–water partition coefficient (Wildman–Crippen LogP) is 4.42. The van der Waals surface area contributed by atoms with E-state index in [2.05, 4.69) is 15.1 Å². The number of aromatic nitrogens is 3. The zero-order chi connectivity index (χ0) is 15.8. The molecule has 0 bridgehead atoms. The van der Waals surface area contributed by atoms with Crippen LogP contribution in [-0.2, 0) is 6.42 Å². The molecule has 2 aromatic heterocycles. The topological polar surface area (TPSA) is 65.0 Å². The summed E-state index contributed by atoms with van der Waals surface area (Å²) in [6, 6.07) is 13.7. The van der Waals surface area contributed by atoms with Crippen LogP contribution in [0.2, 0.25) is 0 Å².